The Labute approximate surface area is 174 Å². The molecule has 0 bridgehead atoms. The highest BCUT2D eigenvalue weighted by atomic mass is 16.3. The van der Waals surface area contributed by atoms with Crippen LogP contribution in [0.25, 0.3) is 5.82 Å². The van der Waals surface area contributed by atoms with E-state index in [-0.39, 0.29) is 25.1 Å². The third-order valence-electron chi connectivity index (χ3n) is 5.18. The molecule has 9 heteroatoms. The number of aliphatic hydroxyl groups is 3. The van der Waals surface area contributed by atoms with Gasteiger partial charge in [-0.3, -0.25) is 4.79 Å². The monoisotopic (exact) mass is 413 g/mol. The van der Waals surface area contributed by atoms with Crippen molar-refractivity contribution in [2.45, 2.75) is 38.0 Å². The molecule has 9 nitrogen and oxygen atoms in total. The molecular formula is C21H27N5O4. The Kier molecular flexibility index (Phi) is 6.66. The van der Waals surface area contributed by atoms with Gasteiger partial charge < -0.3 is 30.5 Å². The van der Waals surface area contributed by atoms with E-state index >= 15 is 0 Å². The molecule has 2 unspecified atom stereocenters. The van der Waals surface area contributed by atoms with Crippen LogP contribution in [0, 0.1) is 6.92 Å². The first-order valence-electron chi connectivity index (χ1n) is 9.79. The molecule has 0 radical (unpaired) electrons. The number of aryl methyl sites for hydroxylation is 1. The van der Waals surface area contributed by atoms with Gasteiger partial charge in [-0.1, -0.05) is 31.2 Å². The van der Waals surface area contributed by atoms with Gasteiger partial charge in [-0.25, -0.2) is 4.98 Å². The summed E-state index contributed by atoms with van der Waals surface area (Å²) in [7, 11) is 0. The molecule has 2 aromatic heterocycles. The van der Waals surface area contributed by atoms with E-state index in [0.29, 0.717) is 17.8 Å². The number of aliphatic hydroxyl groups excluding tert-OH is 3. The summed E-state index contributed by atoms with van der Waals surface area (Å²) in [5, 5.41) is 34.6. The number of anilines is 1. The zero-order valence-electron chi connectivity index (χ0n) is 17.0. The standard InChI is InChI=1S/C21H27N5O4/c1-3-21(8-5-4-6-17(21)29)25-19(30)15-7-9-26(11-15)18-14(2)10-22-20(24-18)23-16(12-27)13-28/h4-11,16-17,27-29H,3,12-13H2,1-2H3,(H,25,30)(H,22,23,24). The van der Waals surface area contributed by atoms with Crippen LogP contribution in [0.4, 0.5) is 5.95 Å². The number of nitrogens with one attached hydrogen (secondary N) is 2. The second kappa shape index (κ2) is 9.21. The topological polar surface area (TPSA) is 133 Å². The lowest BCUT2D eigenvalue weighted by Crippen LogP contribution is -2.55. The average molecular weight is 413 g/mol. The molecule has 0 spiro atoms. The maximum atomic E-state index is 12.8. The van der Waals surface area contributed by atoms with Crippen LogP contribution >= 0.6 is 0 Å². The van der Waals surface area contributed by atoms with Crippen LogP contribution in [0.1, 0.15) is 29.3 Å². The molecule has 2 atom stereocenters. The minimum atomic E-state index is -0.848. The Bertz CT molecular complexity index is 951. The summed E-state index contributed by atoms with van der Waals surface area (Å²) < 4.78 is 1.70. The van der Waals surface area contributed by atoms with E-state index in [0.717, 1.165) is 5.56 Å². The largest absolute Gasteiger partial charge is 0.394 e. The Hall–Kier alpha value is -3.01. The Morgan fingerprint density at radius 3 is 2.77 bits per heavy atom. The van der Waals surface area contributed by atoms with Crippen LogP contribution in [-0.4, -0.2) is 66.7 Å². The molecule has 0 aromatic carbocycles. The average Bonchev–Trinajstić information content (AvgIpc) is 3.25. The van der Waals surface area contributed by atoms with Gasteiger partial charge in [-0.2, -0.15) is 4.98 Å². The fourth-order valence-electron chi connectivity index (χ4n) is 3.24. The first-order valence-corrected chi connectivity index (χ1v) is 9.79. The molecular weight excluding hydrogens is 386 g/mol. The molecule has 2 heterocycles. The maximum Gasteiger partial charge on any atom is 0.253 e. The van der Waals surface area contributed by atoms with E-state index in [4.69, 9.17) is 0 Å². The van der Waals surface area contributed by atoms with Gasteiger partial charge in [0.05, 0.1) is 36.5 Å². The van der Waals surface area contributed by atoms with Gasteiger partial charge in [0.25, 0.3) is 5.91 Å². The molecule has 3 rings (SSSR count). The molecule has 30 heavy (non-hydrogen) atoms. The molecule has 160 valence electrons. The highest BCUT2D eigenvalue weighted by Crippen LogP contribution is 2.23. The van der Waals surface area contributed by atoms with E-state index in [1.54, 1.807) is 47.5 Å². The molecule has 1 aliphatic rings. The maximum absolute atomic E-state index is 12.8. The fraction of sp³-hybridized carbons (Fsp3) is 0.381. The van der Waals surface area contributed by atoms with Crippen molar-refractivity contribution < 1.29 is 20.1 Å². The van der Waals surface area contributed by atoms with E-state index in [1.165, 1.54) is 0 Å². The van der Waals surface area contributed by atoms with Crippen LogP contribution in [-0.2, 0) is 0 Å². The third-order valence-corrected chi connectivity index (χ3v) is 5.18. The zero-order chi connectivity index (χ0) is 21.7. The van der Waals surface area contributed by atoms with E-state index in [9.17, 15) is 20.1 Å². The highest BCUT2D eigenvalue weighted by molar-refractivity contribution is 5.95. The second-order valence-electron chi connectivity index (χ2n) is 7.25. The van der Waals surface area contributed by atoms with Gasteiger partial charge in [-0.15, -0.1) is 0 Å². The number of aromatic nitrogens is 3. The Morgan fingerprint density at radius 1 is 1.33 bits per heavy atom. The van der Waals surface area contributed by atoms with Crippen molar-refractivity contribution in [3.8, 4) is 5.82 Å². The summed E-state index contributed by atoms with van der Waals surface area (Å²) in [6.45, 7) is 3.23. The van der Waals surface area contributed by atoms with Crippen molar-refractivity contribution in [2.75, 3.05) is 18.5 Å². The number of hydrogen-bond acceptors (Lipinski definition) is 7. The Balaban J connectivity index is 1.81. The smallest absolute Gasteiger partial charge is 0.253 e. The summed E-state index contributed by atoms with van der Waals surface area (Å²) in [5.41, 5.74) is 0.363. The number of amides is 1. The van der Waals surface area contributed by atoms with Gasteiger partial charge in [0.1, 0.15) is 5.82 Å². The summed E-state index contributed by atoms with van der Waals surface area (Å²) in [4.78, 5) is 21.5. The van der Waals surface area contributed by atoms with Crippen LogP contribution in [0.2, 0.25) is 0 Å². The predicted octanol–water partition coefficient (Wildman–Crippen LogP) is 0.706. The van der Waals surface area contributed by atoms with Gasteiger partial charge in [0.15, 0.2) is 0 Å². The van der Waals surface area contributed by atoms with Crippen LogP contribution in [0.5, 0.6) is 0 Å². The molecule has 0 saturated heterocycles. The van der Waals surface area contributed by atoms with Crippen LogP contribution < -0.4 is 10.6 Å². The zero-order valence-corrected chi connectivity index (χ0v) is 17.0. The summed E-state index contributed by atoms with van der Waals surface area (Å²) in [5.74, 6) is 0.516. The minimum absolute atomic E-state index is 0.258. The Morgan fingerprint density at radius 2 is 2.10 bits per heavy atom. The van der Waals surface area contributed by atoms with Crippen LogP contribution in [0.15, 0.2) is 49.0 Å². The van der Waals surface area contributed by atoms with Gasteiger partial charge in [0.2, 0.25) is 5.95 Å². The molecule has 0 saturated carbocycles. The fourth-order valence-corrected chi connectivity index (χ4v) is 3.24. The third kappa shape index (κ3) is 4.43. The van der Waals surface area contributed by atoms with Crippen molar-refractivity contribution in [3.63, 3.8) is 0 Å². The molecule has 1 amide bonds. The lowest BCUT2D eigenvalue weighted by atomic mass is 9.85. The number of allylic oxidation sites excluding steroid dienone is 2. The van der Waals surface area contributed by atoms with Crippen molar-refractivity contribution in [1.82, 2.24) is 19.9 Å². The van der Waals surface area contributed by atoms with Crippen molar-refractivity contribution in [2.24, 2.45) is 0 Å². The van der Waals surface area contributed by atoms with Crippen molar-refractivity contribution in [1.29, 1.82) is 0 Å². The van der Waals surface area contributed by atoms with Gasteiger partial charge >= 0.3 is 0 Å². The first-order chi connectivity index (χ1) is 14.4. The molecule has 0 aliphatic heterocycles. The molecule has 1 aliphatic carbocycles. The van der Waals surface area contributed by atoms with Crippen LogP contribution in [0.3, 0.4) is 0 Å². The summed E-state index contributed by atoms with van der Waals surface area (Å²) in [6, 6.07) is 1.10. The minimum Gasteiger partial charge on any atom is -0.394 e. The number of carbonyl (C=O) groups excluding carboxylic acids is 1. The lowest BCUT2D eigenvalue weighted by Gasteiger charge is -2.35. The van der Waals surface area contributed by atoms with E-state index in [2.05, 4.69) is 20.6 Å². The number of hydrogen-bond donors (Lipinski definition) is 5. The predicted molar refractivity (Wildman–Crippen MR) is 112 cm³/mol. The molecule has 0 fully saturated rings. The lowest BCUT2D eigenvalue weighted by molar-refractivity contribution is 0.0789. The van der Waals surface area contributed by atoms with Crippen molar-refractivity contribution >= 4 is 11.9 Å². The normalized spacial score (nSPS) is 20.5. The number of carbonyl (C=O) groups is 1. The quantitative estimate of drug-likeness (QED) is 0.430. The first kappa shape index (κ1) is 21.7. The summed E-state index contributed by atoms with van der Waals surface area (Å²) in [6.07, 6.45) is 11.8. The van der Waals surface area contributed by atoms with Gasteiger partial charge in [-0.05, 0) is 19.4 Å². The van der Waals surface area contributed by atoms with Gasteiger partial charge in [0, 0.05) is 24.2 Å². The SMILES string of the molecule is CCC1(NC(=O)c2ccn(-c3nc(NC(CO)CO)ncc3C)c2)C=CC=CC1O. The highest BCUT2D eigenvalue weighted by Gasteiger charge is 2.35. The number of nitrogens with zero attached hydrogens (tertiary/aromatic N) is 3. The molecule has 2 aromatic rings. The summed E-state index contributed by atoms with van der Waals surface area (Å²) >= 11 is 0. The van der Waals surface area contributed by atoms with Crippen molar-refractivity contribution in [3.05, 3.63) is 60.1 Å². The second-order valence-corrected chi connectivity index (χ2v) is 7.25. The molecule has 5 N–H and O–H groups in total. The number of rotatable bonds is 8. The van der Waals surface area contributed by atoms with E-state index < -0.39 is 17.7 Å². The van der Waals surface area contributed by atoms with E-state index in [1.807, 2.05) is 19.9 Å².